The molecule has 1 aromatic heterocycles. The van der Waals surface area contributed by atoms with Crippen molar-refractivity contribution in [1.29, 1.82) is 0 Å². The number of carboxylic acids is 1. The third-order valence-corrected chi connectivity index (χ3v) is 7.10. The van der Waals surface area contributed by atoms with Gasteiger partial charge in [0.05, 0.1) is 17.0 Å². The minimum Gasteiger partial charge on any atom is -0.478 e. The summed E-state index contributed by atoms with van der Waals surface area (Å²) in [5.74, 6) is -0.494. The number of benzene rings is 2. The second-order valence-corrected chi connectivity index (χ2v) is 9.33. The molecular weight excluding hydrogens is 455 g/mol. The maximum absolute atomic E-state index is 13.5. The Balaban J connectivity index is 1.63. The zero-order valence-electron chi connectivity index (χ0n) is 17.9. The number of thioether (sulfide) groups is 1. The minimum atomic E-state index is -4.46. The molecule has 3 aromatic rings. The summed E-state index contributed by atoms with van der Waals surface area (Å²) in [6.45, 7) is 3.24. The van der Waals surface area contributed by atoms with E-state index in [9.17, 15) is 23.1 Å². The fourth-order valence-electron chi connectivity index (χ4n) is 3.76. The summed E-state index contributed by atoms with van der Waals surface area (Å²) in [6, 6.07) is 9.58. The van der Waals surface area contributed by atoms with Crippen LogP contribution >= 0.6 is 11.8 Å². The molecule has 0 saturated heterocycles. The lowest BCUT2D eigenvalue weighted by Gasteiger charge is -2.38. The van der Waals surface area contributed by atoms with Crippen molar-refractivity contribution >= 4 is 17.7 Å². The SMILES string of the molecule is Cc1cc(SC(c2ccc(C)c(C(F)(F)F)c2)c2cn[nH]n2)ccc1OC1(C(=O)O)CCC1. The van der Waals surface area contributed by atoms with Crippen LogP contribution in [0.5, 0.6) is 5.75 Å². The summed E-state index contributed by atoms with van der Waals surface area (Å²) in [5.41, 5.74) is -0.0347. The van der Waals surface area contributed by atoms with Gasteiger partial charge < -0.3 is 9.84 Å². The largest absolute Gasteiger partial charge is 0.478 e. The topological polar surface area (TPSA) is 88.1 Å². The predicted octanol–water partition coefficient (Wildman–Crippen LogP) is 5.71. The van der Waals surface area contributed by atoms with Gasteiger partial charge in [0, 0.05) is 4.90 Å². The Hall–Kier alpha value is -3.01. The number of aromatic nitrogens is 3. The Labute approximate surface area is 192 Å². The van der Waals surface area contributed by atoms with Gasteiger partial charge in [-0.2, -0.15) is 28.6 Å². The van der Waals surface area contributed by atoms with E-state index in [-0.39, 0.29) is 5.56 Å². The maximum atomic E-state index is 13.5. The molecule has 1 heterocycles. The monoisotopic (exact) mass is 477 g/mol. The van der Waals surface area contributed by atoms with Crippen molar-refractivity contribution in [2.45, 2.75) is 55.0 Å². The number of hydrogen-bond acceptors (Lipinski definition) is 5. The summed E-state index contributed by atoms with van der Waals surface area (Å²) in [7, 11) is 0. The van der Waals surface area contributed by atoms with E-state index < -0.39 is 28.6 Å². The highest BCUT2D eigenvalue weighted by Crippen LogP contribution is 2.44. The number of H-pyrrole nitrogens is 1. The highest BCUT2D eigenvalue weighted by molar-refractivity contribution is 7.99. The number of hydrogen-bond donors (Lipinski definition) is 2. The molecule has 0 spiro atoms. The quantitative estimate of drug-likeness (QED) is 0.424. The van der Waals surface area contributed by atoms with Crippen LogP contribution in [0.3, 0.4) is 0 Å². The summed E-state index contributed by atoms with van der Waals surface area (Å²) >= 11 is 1.33. The highest BCUT2D eigenvalue weighted by atomic mass is 32.2. The lowest BCUT2D eigenvalue weighted by molar-refractivity contribution is -0.163. The van der Waals surface area contributed by atoms with Crippen LogP contribution < -0.4 is 4.74 Å². The second-order valence-electron chi connectivity index (χ2n) is 8.15. The van der Waals surface area contributed by atoms with Gasteiger partial charge in [0.15, 0.2) is 0 Å². The molecule has 1 aliphatic carbocycles. The van der Waals surface area contributed by atoms with Gasteiger partial charge in [0.2, 0.25) is 5.60 Å². The molecule has 0 radical (unpaired) electrons. The lowest BCUT2D eigenvalue weighted by atomic mass is 9.80. The van der Waals surface area contributed by atoms with E-state index in [1.54, 1.807) is 18.2 Å². The van der Waals surface area contributed by atoms with E-state index in [0.717, 1.165) is 22.9 Å². The first-order valence-electron chi connectivity index (χ1n) is 10.3. The molecular formula is C23H22F3N3O3S. The number of ether oxygens (including phenoxy) is 1. The summed E-state index contributed by atoms with van der Waals surface area (Å²) in [5, 5.41) is 19.4. The Bertz CT molecular complexity index is 1160. The molecule has 1 aliphatic rings. The van der Waals surface area contributed by atoms with Crippen molar-refractivity contribution < 1.29 is 27.8 Å². The van der Waals surface area contributed by atoms with Crippen molar-refractivity contribution in [3.05, 3.63) is 70.5 Å². The molecule has 1 saturated carbocycles. The molecule has 33 heavy (non-hydrogen) atoms. The average molecular weight is 478 g/mol. The lowest BCUT2D eigenvalue weighted by Crippen LogP contribution is -2.50. The van der Waals surface area contributed by atoms with Gasteiger partial charge >= 0.3 is 12.1 Å². The first-order valence-corrected chi connectivity index (χ1v) is 11.2. The first kappa shape index (κ1) is 23.2. The van der Waals surface area contributed by atoms with Crippen LogP contribution in [0, 0.1) is 13.8 Å². The van der Waals surface area contributed by atoms with Gasteiger partial charge in [0.1, 0.15) is 11.4 Å². The van der Waals surface area contributed by atoms with E-state index in [2.05, 4.69) is 15.4 Å². The first-order chi connectivity index (χ1) is 15.6. The summed E-state index contributed by atoms with van der Waals surface area (Å²) < 4.78 is 46.3. The normalized spacial score (nSPS) is 16.2. The van der Waals surface area contributed by atoms with E-state index in [4.69, 9.17) is 4.74 Å². The number of rotatable bonds is 7. The molecule has 6 nitrogen and oxygen atoms in total. The van der Waals surface area contributed by atoms with Crippen molar-refractivity contribution in [3.63, 3.8) is 0 Å². The Morgan fingerprint density at radius 3 is 2.48 bits per heavy atom. The molecule has 0 bridgehead atoms. The molecule has 0 aliphatic heterocycles. The molecule has 4 rings (SSSR count). The van der Waals surface area contributed by atoms with Crippen molar-refractivity contribution in [2.24, 2.45) is 0 Å². The van der Waals surface area contributed by atoms with Gasteiger partial charge in [-0.15, -0.1) is 11.8 Å². The number of halogens is 3. The number of aliphatic carboxylic acids is 1. The summed E-state index contributed by atoms with van der Waals surface area (Å²) in [6.07, 6.45) is -1.25. The summed E-state index contributed by atoms with van der Waals surface area (Å²) in [4.78, 5) is 12.4. The predicted molar refractivity (Wildman–Crippen MR) is 116 cm³/mol. The number of aromatic amines is 1. The molecule has 1 fully saturated rings. The molecule has 1 unspecified atom stereocenters. The van der Waals surface area contributed by atoms with E-state index in [1.807, 2.05) is 13.0 Å². The van der Waals surface area contributed by atoms with Gasteiger partial charge in [-0.1, -0.05) is 12.1 Å². The average Bonchev–Trinajstić information content (AvgIpc) is 3.24. The van der Waals surface area contributed by atoms with Gasteiger partial charge in [-0.05, 0) is 74.1 Å². The van der Waals surface area contributed by atoms with E-state index >= 15 is 0 Å². The minimum absolute atomic E-state index is 0.149. The van der Waals surface area contributed by atoms with Crippen LogP contribution in [-0.4, -0.2) is 32.1 Å². The van der Waals surface area contributed by atoms with Gasteiger partial charge in [-0.25, -0.2) is 4.79 Å². The number of aryl methyl sites for hydroxylation is 2. The van der Waals surface area contributed by atoms with Crippen molar-refractivity contribution in [1.82, 2.24) is 15.4 Å². The Morgan fingerprint density at radius 1 is 1.18 bits per heavy atom. The standard InChI is InChI=1S/C23H22F3N3O3S/c1-13-4-5-15(11-17(13)23(24,25)26)20(18-12-27-29-28-18)33-16-6-7-19(14(2)10-16)32-22(21(30)31)8-3-9-22/h4-7,10-12,20H,3,8-9H2,1-2H3,(H,30,31)(H,27,28,29). The third kappa shape index (κ3) is 4.71. The van der Waals surface area contributed by atoms with E-state index in [0.29, 0.717) is 29.8 Å². The van der Waals surface area contributed by atoms with Crippen LogP contribution in [0.2, 0.25) is 0 Å². The number of carbonyl (C=O) groups is 1. The Kier molecular flexibility index (Phi) is 6.13. The maximum Gasteiger partial charge on any atom is 0.416 e. The fraction of sp³-hybridized carbons (Fsp3) is 0.348. The number of carboxylic acid groups (broad SMARTS) is 1. The number of nitrogens with zero attached hydrogens (tertiary/aromatic N) is 2. The smallest absolute Gasteiger partial charge is 0.416 e. The zero-order valence-corrected chi connectivity index (χ0v) is 18.8. The number of nitrogens with one attached hydrogen (secondary N) is 1. The van der Waals surface area contributed by atoms with Crippen molar-refractivity contribution in [3.8, 4) is 5.75 Å². The van der Waals surface area contributed by atoms with Gasteiger partial charge in [-0.3, -0.25) is 0 Å². The third-order valence-electron chi connectivity index (χ3n) is 5.83. The molecule has 174 valence electrons. The zero-order chi connectivity index (χ0) is 23.8. The van der Waals surface area contributed by atoms with Crippen LogP contribution in [-0.2, 0) is 11.0 Å². The number of alkyl halides is 3. The molecule has 0 amide bonds. The van der Waals surface area contributed by atoms with Crippen LogP contribution in [0.15, 0.2) is 47.5 Å². The van der Waals surface area contributed by atoms with E-state index in [1.165, 1.54) is 30.9 Å². The highest BCUT2D eigenvalue weighted by Gasteiger charge is 2.47. The molecule has 2 N–H and O–H groups in total. The van der Waals surface area contributed by atoms with Crippen LogP contribution in [0.25, 0.3) is 0 Å². The van der Waals surface area contributed by atoms with Crippen molar-refractivity contribution in [2.75, 3.05) is 0 Å². The van der Waals surface area contributed by atoms with Crippen LogP contribution in [0.4, 0.5) is 13.2 Å². The Morgan fingerprint density at radius 2 is 1.94 bits per heavy atom. The molecule has 1 atom stereocenters. The second kappa shape index (κ2) is 8.74. The van der Waals surface area contributed by atoms with Crippen LogP contribution in [0.1, 0.15) is 52.5 Å². The fourth-order valence-corrected chi connectivity index (χ4v) is 4.94. The van der Waals surface area contributed by atoms with Gasteiger partial charge in [0.25, 0.3) is 0 Å². The molecule has 10 heteroatoms. The molecule has 2 aromatic carbocycles.